The molecule has 2 atom stereocenters. The summed E-state index contributed by atoms with van der Waals surface area (Å²) in [6, 6.07) is 9.05. The topological polar surface area (TPSA) is 38.8 Å². The van der Waals surface area contributed by atoms with E-state index < -0.39 is 0 Å². The molecule has 2 rings (SSSR count). The number of benzene rings is 1. The van der Waals surface area contributed by atoms with Crippen LogP contribution < -0.4 is 4.74 Å². The molecule has 21 heavy (non-hydrogen) atoms. The average Bonchev–Trinajstić information content (AvgIpc) is 2.45. The summed E-state index contributed by atoms with van der Waals surface area (Å²) in [6.45, 7) is 5.59. The molecule has 0 bridgehead atoms. The molecule has 114 valence electrons. The van der Waals surface area contributed by atoms with E-state index in [-0.39, 0.29) is 23.9 Å². The van der Waals surface area contributed by atoms with Gasteiger partial charge in [0.05, 0.1) is 18.0 Å². The number of nitrogens with zero attached hydrogens (tertiary/aromatic N) is 1. The van der Waals surface area contributed by atoms with Crippen molar-refractivity contribution in [3.05, 3.63) is 30.3 Å². The molecule has 0 spiro atoms. The minimum Gasteiger partial charge on any atom is -0.426 e. The van der Waals surface area contributed by atoms with E-state index in [0.29, 0.717) is 5.75 Å². The van der Waals surface area contributed by atoms with Gasteiger partial charge in [0, 0.05) is 13.1 Å². The Bertz CT molecular complexity index is 485. The number of rotatable bonds is 3. The van der Waals surface area contributed by atoms with Crippen molar-refractivity contribution in [1.82, 2.24) is 4.90 Å². The molecular weight excluding hydrogens is 306 g/mol. The third-order valence-electron chi connectivity index (χ3n) is 2.97. The van der Waals surface area contributed by atoms with Crippen LogP contribution in [0.5, 0.6) is 5.75 Å². The van der Waals surface area contributed by atoms with Crippen LogP contribution in [0.25, 0.3) is 0 Å². The third kappa shape index (κ3) is 5.30. The first-order valence-corrected chi connectivity index (χ1v) is 8.27. The summed E-state index contributed by atoms with van der Waals surface area (Å²) >= 11 is 6.73. The van der Waals surface area contributed by atoms with E-state index in [2.05, 4.69) is 4.90 Å². The summed E-state index contributed by atoms with van der Waals surface area (Å²) in [5.74, 6) is 0.485. The highest BCUT2D eigenvalue weighted by Gasteiger charge is 2.24. The minimum atomic E-state index is -0.289. The van der Waals surface area contributed by atoms with Gasteiger partial charge in [-0.15, -0.1) is 0 Å². The number of esters is 1. The number of hydrogen-bond donors (Lipinski definition) is 0. The summed E-state index contributed by atoms with van der Waals surface area (Å²) in [6.07, 6.45) is 0.312. The van der Waals surface area contributed by atoms with Gasteiger partial charge < -0.3 is 14.4 Å². The van der Waals surface area contributed by atoms with Crippen molar-refractivity contribution in [1.29, 1.82) is 0 Å². The van der Waals surface area contributed by atoms with Crippen LogP contribution in [0.1, 0.15) is 13.8 Å². The summed E-state index contributed by atoms with van der Waals surface area (Å²) in [4.78, 5) is 13.9. The summed E-state index contributed by atoms with van der Waals surface area (Å²) in [7, 11) is 0. The van der Waals surface area contributed by atoms with Crippen LogP contribution in [-0.2, 0) is 9.53 Å². The van der Waals surface area contributed by atoms with E-state index >= 15 is 0 Å². The number of para-hydroxylation sites is 1. The first-order valence-electron chi connectivity index (χ1n) is 6.87. The summed E-state index contributed by atoms with van der Waals surface area (Å²) < 4.78 is 11.6. The maximum absolute atomic E-state index is 11.8. The van der Waals surface area contributed by atoms with Crippen LogP contribution in [0, 0.1) is 0 Å². The quantitative estimate of drug-likeness (QED) is 0.483. The van der Waals surface area contributed by atoms with Crippen molar-refractivity contribution < 1.29 is 14.3 Å². The lowest BCUT2D eigenvalue weighted by Gasteiger charge is -2.36. The molecule has 0 saturated carbocycles. The molecule has 1 aliphatic rings. The molecule has 0 N–H and O–H groups in total. The maximum Gasteiger partial charge on any atom is 0.321 e. The number of carbonyl (C=O) groups excluding carboxylic acids is 1. The van der Waals surface area contributed by atoms with Gasteiger partial charge in [-0.05, 0) is 26.0 Å². The molecule has 1 aliphatic heterocycles. The second-order valence-electron chi connectivity index (χ2n) is 5.00. The van der Waals surface area contributed by atoms with Gasteiger partial charge in [-0.3, -0.25) is 4.79 Å². The van der Waals surface area contributed by atoms with Gasteiger partial charge in [0.2, 0.25) is 0 Å². The average molecular weight is 325 g/mol. The summed E-state index contributed by atoms with van der Waals surface area (Å²) in [5.41, 5.74) is 0. The Hall–Kier alpha value is -1.11. The van der Waals surface area contributed by atoms with E-state index in [0.717, 1.165) is 17.4 Å². The number of hydrogen-bond acceptors (Lipinski definition) is 5. The first-order chi connectivity index (χ1) is 10.0. The molecule has 1 aromatic rings. The fourth-order valence-electron chi connectivity index (χ4n) is 2.19. The van der Waals surface area contributed by atoms with E-state index in [4.69, 9.17) is 21.7 Å². The fourth-order valence-corrected chi connectivity index (χ4v) is 3.15. The number of ether oxygens (including phenoxy) is 2. The predicted molar refractivity (Wildman–Crippen MR) is 88.7 cm³/mol. The molecular formula is C15H19NO3S2. The first kappa shape index (κ1) is 16.3. The molecule has 1 heterocycles. The van der Waals surface area contributed by atoms with Crippen molar-refractivity contribution in [2.75, 3.05) is 18.8 Å². The van der Waals surface area contributed by atoms with E-state index in [1.807, 2.05) is 32.0 Å². The largest absolute Gasteiger partial charge is 0.426 e. The third-order valence-corrected chi connectivity index (χ3v) is 4.46. The van der Waals surface area contributed by atoms with Gasteiger partial charge in [0.25, 0.3) is 0 Å². The normalized spacial score (nSPS) is 21.9. The molecule has 4 nitrogen and oxygen atoms in total. The lowest BCUT2D eigenvalue weighted by molar-refractivity contribution is -0.131. The van der Waals surface area contributed by atoms with Gasteiger partial charge >= 0.3 is 5.97 Å². The van der Waals surface area contributed by atoms with Gasteiger partial charge in [-0.1, -0.05) is 42.2 Å². The van der Waals surface area contributed by atoms with E-state index in [1.165, 1.54) is 11.8 Å². The SMILES string of the molecule is CC1CN(C(=S)SCC(=O)Oc2ccccc2)CC(C)O1. The maximum atomic E-state index is 11.8. The standard InChI is InChI=1S/C15H19NO3S2/c1-11-8-16(9-12(2)18-11)15(20)21-10-14(17)19-13-6-4-3-5-7-13/h3-7,11-12H,8-10H2,1-2H3. The Kier molecular flexibility index (Phi) is 6.02. The zero-order valence-electron chi connectivity index (χ0n) is 12.2. The van der Waals surface area contributed by atoms with Crippen molar-refractivity contribution in [3.8, 4) is 5.75 Å². The highest BCUT2D eigenvalue weighted by Crippen LogP contribution is 2.18. The zero-order valence-corrected chi connectivity index (χ0v) is 13.8. The van der Waals surface area contributed by atoms with Gasteiger partial charge in [0.1, 0.15) is 10.1 Å². The predicted octanol–water partition coefficient (Wildman–Crippen LogP) is 2.72. The van der Waals surface area contributed by atoms with Crippen LogP contribution in [0.2, 0.25) is 0 Å². The minimum absolute atomic E-state index is 0.156. The molecule has 1 saturated heterocycles. The number of thioether (sulfide) groups is 1. The number of morpholine rings is 1. The highest BCUT2D eigenvalue weighted by atomic mass is 32.2. The van der Waals surface area contributed by atoms with Crippen LogP contribution in [-0.4, -0.2) is 46.2 Å². The Labute approximate surface area is 134 Å². The molecule has 6 heteroatoms. The molecule has 0 radical (unpaired) electrons. The summed E-state index contributed by atoms with van der Waals surface area (Å²) in [5, 5.41) is 0. The molecule has 2 unspecified atom stereocenters. The lowest BCUT2D eigenvalue weighted by atomic mass is 10.2. The van der Waals surface area contributed by atoms with Crippen molar-refractivity contribution >= 4 is 34.3 Å². The van der Waals surface area contributed by atoms with Crippen LogP contribution >= 0.6 is 24.0 Å². The number of thiocarbonyl (C=S) groups is 1. The van der Waals surface area contributed by atoms with Gasteiger partial charge in [-0.25, -0.2) is 0 Å². The molecule has 0 aromatic heterocycles. The molecule has 0 aliphatic carbocycles. The fraction of sp³-hybridized carbons (Fsp3) is 0.467. The van der Waals surface area contributed by atoms with Gasteiger partial charge in [0.15, 0.2) is 0 Å². The van der Waals surface area contributed by atoms with Crippen LogP contribution in [0.3, 0.4) is 0 Å². The van der Waals surface area contributed by atoms with E-state index in [9.17, 15) is 4.79 Å². The smallest absolute Gasteiger partial charge is 0.321 e. The monoisotopic (exact) mass is 325 g/mol. The Morgan fingerprint density at radius 3 is 2.57 bits per heavy atom. The highest BCUT2D eigenvalue weighted by molar-refractivity contribution is 8.23. The van der Waals surface area contributed by atoms with Crippen LogP contribution in [0.15, 0.2) is 30.3 Å². The molecule has 1 fully saturated rings. The molecule has 0 amide bonds. The van der Waals surface area contributed by atoms with Crippen LogP contribution in [0.4, 0.5) is 0 Å². The second-order valence-corrected chi connectivity index (χ2v) is 6.61. The second kappa shape index (κ2) is 7.77. The van der Waals surface area contributed by atoms with Crippen molar-refractivity contribution in [2.24, 2.45) is 0 Å². The van der Waals surface area contributed by atoms with Gasteiger partial charge in [-0.2, -0.15) is 0 Å². The van der Waals surface area contributed by atoms with E-state index in [1.54, 1.807) is 12.1 Å². The lowest BCUT2D eigenvalue weighted by Crippen LogP contribution is -2.47. The Morgan fingerprint density at radius 2 is 1.95 bits per heavy atom. The van der Waals surface area contributed by atoms with Crippen molar-refractivity contribution in [3.63, 3.8) is 0 Å². The number of carbonyl (C=O) groups is 1. The van der Waals surface area contributed by atoms with Crippen molar-refractivity contribution in [2.45, 2.75) is 26.1 Å². The Morgan fingerprint density at radius 1 is 1.33 bits per heavy atom. The zero-order chi connectivity index (χ0) is 15.2. The molecule has 1 aromatic carbocycles. The Balaban J connectivity index is 1.77.